The molecule has 3 aromatic rings. The van der Waals surface area contributed by atoms with E-state index in [-0.39, 0.29) is 0 Å². The van der Waals surface area contributed by atoms with Crippen LogP contribution in [0.4, 0.5) is 0 Å². The predicted octanol–water partition coefficient (Wildman–Crippen LogP) is 5.08. The highest BCUT2D eigenvalue weighted by atomic mass is 79.9. The second-order valence-corrected chi connectivity index (χ2v) is 5.79. The van der Waals surface area contributed by atoms with E-state index in [1.165, 1.54) is 15.2 Å². The molecule has 0 unspecified atom stereocenters. The van der Waals surface area contributed by atoms with E-state index in [0.717, 1.165) is 9.99 Å². The molecule has 2 aromatic carbocycles. The molecule has 1 heterocycles. The lowest BCUT2D eigenvalue weighted by Crippen LogP contribution is -1.71. The first-order valence-electron chi connectivity index (χ1n) is 5.32. The number of benzene rings is 2. The van der Waals surface area contributed by atoms with Gasteiger partial charge in [0.05, 0.1) is 0 Å². The number of aromatic nitrogens is 1. The van der Waals surface area contributed by atoms with E-state index in [0.29, 0.717) is 0 Å². The van der Waals surface area contributed by atoms with Gasteiger partial charge in [-0.2, -0.15) is 0 Å². The van der Waals surface area contributed by atoms with Crippen LogP contribution in [0.3, 0.4) is 0 Å². The summed E-state index contributed by atoms with van der Waals surface area (Å²) in [7, 11) is 0. The lowest BCUT2D eigenvalue weighted by atomic mass is 10.2. The Morgan fingerprint density at radius 2 is 1.82 bits per heavy atom. The lowest BCUT2D eigenvalue weighted by molar-refractivity contribution is 1.39. The Kier molecular flexibility index (Phi) is 2.95. The van der Waals surface area contributed by atoms with Crippen LogP contribution in [0.25, 0.3) is 10.9 Å². The van der Waals surface area contributed by atoms with E-state index < -0.39 is 0 Å². The maximum Gasteiger partial charge on any atom is 0.0477 e. The van der Waals surface area contributed by atoms with Crippen molar-refractivity contribution in [1.82, 2.24) is 4.98 Å². The third-order valence-corrected chi connectivity index (χ3v) is 4.14. The molecule has 0 aliphatic carbocycles. The number of fused-ring (bicyclic) bond motifs is 1. The Bertz CT molecular complexity index is 646. The smallest absolute Gasteiger partial charge is 0.0477 e. The summed E-state index contributed by atoms with van der Waals surface area (Å²) in [5.41, 5.74) is 1.16. The molecule has 0 aliphatic heterocycles. The monoisotopic (exact) mass is 303 g/mol. The molecule has 0 spiro atoms. The van der Waals surface area contributed by atoms with Crippen LogP contribution < -0.4 is 0 Å². The summed E-state index contributed by atoms with van der Waals surface area (Å²) in [5.74, 6) is 0. The minimum absolute atomic E-state index is 1.10. The number of hydrogen-bond acceptors (Lipinski definition) is 1. The van der Waals surface area contributed by atoms with E-state index in [1.54, 1.807) is 11.8 Å². The summed E-state index contributed by atoms with van der Waals surface area (Å²) in [6.45, 7) is 0. The molecule has 0 bridgehead atoms. The molecule has 0 amide bonds. The van der Waals surface area contributed by atoms with Crippen LogP contribution in [-0.2, 0) is 0 Å². The average Bonchev–Trinajstić information content (AvgIpc) is 2.73. The van der Waals surface area contributed by atoms with Gasteiger partial charge in [-0.1, -0.05) is 52.0 Å². The molecule has 1 aromatic heterocycles. The van der Waals surface area contributed by atoms with Crippen LogP contribution in [0.15, 0.2) is 69.0 Å². The van der Waals surface area contributed by atoms with Gasteiger partial charge in [-0.3, -0.25) is 0 Å². The number of aromatic amines is 1. The van der Waals surface area contributed by atoms with E-state index in [2.05, 4.69) is 69.6 Å². The molecule has 0 saturated carbocycles. The molecule has 0 aliphatic rings. The summed E-state index contributed by atoms with van der Waals surface area (Å²) < 4.78 is 1.10. The summed E-state index contributed by atoms with van der Waals surface area (Å²) >= 11 is 5.26. The maximum absolute atomic E-state index is 3.48. The first kappa shape index (κ1) is 10.9. The van der Waals surface area contributed by atoms with E-state index in [4.69, 9.17) is 0 Å². The van der Waals surface area contributed by atoms with Gasteiger partial charge in [0.2, 0.25) is 0 Å². The molecule has 84 valence electrons. The quantitative estimate of drug-likeness (QED) is 0.698. The number of halogens is 1. The molecule has 3 rings (SSSR count). The van der Waals surface area contributed by atoms with Gasteiger partial charge >= 0.3 is 0 Å². The lowest BCUT2D eigenvalue weighted by Gasteiger charge is -1.99. The van der Waals surface area contributed by atoms with Crippen molar-refractivity contribution in [2.75, 3.05) is 0 Å². The number of rotatable bonds is 2. The Balaban J connectivity index is 2.01. The van der Waals surface area contributed by atoms with Crippen molar-refractivity contribution >= 4 is 38.6 Å². The molecule has 0 fully saturated rings. The van der Waals surface area contributed by atoms with Crippen LogP contribution in [-0.4, -0.2) is 4.98 Å². The van der Waals surface area contributed by atoms with Crippen molar-refractivity contribution in [3.63, 3.8) is 0 Å². The zero-order valence-electron chi connectivity index (χ0n) is 8.98. The highest BCUT2D eigenvalue weighted by molar-refractivity contribution is 9.10. The van der Waals surface area contributed by atoms with Crippen LogP contribution in [0.1, 0.15) is 0 Å². The maximum atomic E-state index is 3.48. The van der Waals surface area contributed by atoms with Crippen molar-refractivity contribution in [3.8, 4) is 0 Å². The molecular formula is C14H10BrNS. The van der Waals surface area contributed by atoms with E-state index in [1.807, 2.05) is 6.07 Å². The van der Waals surface area contributed by atoms with Gasteiger partial charge in [-0.25, -0.2) is 0 Å². The minimum atomic E-state index is 1.10. The Hall–Kier alpha value is -1.19. The molecule has 0 atom stereocenters. The summed E-state index contributed by atoms with van der Waals surface area (Å²) in [5, 5.41) is 1.27. The summed E-state index contributed by atoms with van der Waals surface area (Å²) in [6, 6.07) is 16.7. The van der Waals surface area contributed by atoms with Crippen LogP contribution >= 0.6 is 27.7 Å². The van der Waals surface area contributed by atoms with Crippen molar-refractivity contribution in [2.45, 2.75) is 9.79 Å². The number of hydrogen-bond donors (Lipinski definition) is 1. The van der Waals surface area contributed by atoms with Gasteiger partial charge < -0.3 is 4.98 Å². The van der Waals surface area contributed by atoms with Crippen LogP contribution in [0.5, 0.6) is 0 Å². The molecule has 1 nitrogen and oxygen atoms in total. The SMILES string of the molecule is Brc1ccc2c(Sc3ccccc3)c[nH]c2c1. The van der Waals surface area contributed by atoms with Crippen molar-refractivity contribution < 1.29 is 0 Å². The van der Waals surface area contributed by atoms with Gasteiger partial charge in [-0.05, 0) is 24.3 Å². The second-order valence-electron chi connectivity index (χ2n) is 3.76. The van der Waals surface area contributed by atoms with E-state index in [9.17, 15) is 0 Å². The zero-order valence-corrected chi connectivity index (χ0v) is 11.4. The number of H-pyrrole nitrogens is 1. The third kappa shape index (κ3) is 2.26. The molecule has 17 heavy (non-hydrogen) atoms. The molecule has 1 N–H and O–H groups in total. The first-order valence-corrected chi connectivity index (χ1v) is 6.93. The minimum Gasteiger partial charge on any atom is -0.360 e. The first-order chi connectivity index (χ1) is 8.33. The third-order valence-electron chi connectivity index (χ3n) is 2.58. The Morgan fingerprint density at radius 1 is 1.00 bits per heavy atom. The highest BCUT2D eigenvalue weighted by Gasteiger charge is 2.05. The summed E-state index contributed by atoms with van der Waals surface area (Å²) in [4.78, 5) is 5.82. The summed E-state index contributed by atoms with van der Waals surface area (Å²) in [6.07, 6.45) is 2.06. The fourth-order valence-corrected chi connectivity index (χ4v) is 3.09. The standard InChI is InChI=1S/C14H10BrNS/c15-10-6-7-12-13(8-10)16-9-14(12)17-11-4-2-1-3-5-11/h1-9,16H. The largest absolute Gasteiger partial charge is 0.360 e. The van der Waals surface area contributed by atoms with Gasteiger partial charge in [0.15, 0.2) is 0 Å². The normalized spacial score (nSPS) is 10.9. The highest BCUT2D eigenvalue weighted by Crippen LogP contribution is 2.34. The second kappa shape index (κ2) is 4.59. The predicted molar refractivity (Wildman–Crippen MR) is 76.6 cm³/mol. The van der Waals surface area contributed by atoms with Crippen molar-refractivity contribution in [1.29, 1.82) is 0 Å². The number of nitrogens with one attached hydrogen (secondary N) is 1. The topological polar surface area (TPSA) is 15.8 Å². The molecule has 0 radical (unpaired) electrons. The van der Waals surface area contributed by atoms with Gasteiger partial charge in [-0.15, -0.1) is 0 Å². The van der Waals surface area contributed by atoms with Crippen LogP contribution in [0, 0.1) is 0 Å². The molecule has 0 saturated heterocycles. The zero-order chi connectivity index (χ0) is 11.7. The van der Waals surface area contributed by atoms with Gasteiger partial charge in [0, 0.05) is 31.4 Å². The van der Waals surface area contributed by atoms with Gasteiger partial charge in [0.25, 0.3) is 0 Å². The van der Waals surface area contributed by atoms with Gasteiger partial charge in [0.1, 0.15) is 0 Å². The van der Waals surface area contributed by atoms with Crippen molar-refractivity contribution in [3.05, 3.63) is 59.2 Å². The average molecular weight is 304 g/mol. The van der Waals surface area contributed by atoms with E-state index >= 15 is 0 Å². The van der Waals surface area contributed by atoms with Crippen molar-refractivity contribution in [2.24, 2.45) is 0 Å². The Labute approximate surface area is 112 Å². The molecule has 3 heteroatoms. The fraction of sp³-hybridized carbons (Fsp3) is 0. The van der Waals surface area contributed by atoms with Crippen LogP contribution in [0.2, 0.25) is 0 Å². The Morgan fingerprint density at radius 3 is 2.65 bits per heavy atom. The fourth-order valence-electron chi connectivity index (χ4n) is 1.77. The molecular weight excluding hydrogens is 294 g/mol.